The lowest BCUT2D eigenvalue weighted by Gasteiger charge is -2.10. The van der Waals surface area contributed by atoms with E-state index < -0.39 is 27.1 Å². The average Bonchev–Trinajstić information content (AvgIpc) is 3.57. The van der Waals surface area contributed by atoms with Crippen LogP contribution < -0.4 is 10.6 Å². The van der Waals surface area contributed by atoms with Crippen LogP contribution in [0, 0.1) is 6.92 Å². The van der Waals surface area contributed by atoms with Crippen LogP contribution in [0.5, 0.6) is 0 Å². The summed E-state index contributed by atoms with van der Waals surface area (Å²) in [6, 6.07) is 11.5. The third kappa shape index (κ3) is 5.42. The summed E-state index contributed by atoms with van der Waals surface area (Å²) in [7, 11) is -1.61. The van der Waals surface area contributed by atoms with E-state index in [1.807, 2.05) is 59.7 Å². The number of nitrogens with zero attached hydrogens (tertiary/aromatic N) is 3. The van der Waals surface area contributed by atoms with Crippen molar-refractivity contribution in [1.29, 1.82) is 0 Å². The first-order chi connectivity index (χ1) is 17.0. The van der Waals surface area contributed by atoms with E-state index in [1.54, 1.807) is 20.8 Å². The van der Waals surface area contributed by atoms with Crippen molar-refractivity contribution in [3.63, 3.8) is 0 Å². The number of hydrogen-bond donors (Lipinski definition) is 2. The maximum absolute atomic E-state index is 12.5. The number of aromatic nitrogens is 3. The Balaban J connectivity index is 1.37. The van der Waals surface area contributed by atoms with Gasteiger partial charge in [-0.25, -0.2) is 17.4 Å². The smallest absolute Gasteiger partial charge is 0.253 e. The van der Waals surface area contributed by atoms with Crippen LogP contribution in [0.3, 0.4) is 0 Å². The van der Waals surface area contributed by atoms with E-state index in [9.17, 15) is 18.0 Å². The number of hydrogen-bond acceptors (Lipinski definition) is 6. The fourth-order valence-electron chi connectivity index (χ4n) is 3.60. The van der Waals surface area contributed by atoms with Crippen LogP contribution in [0.15, 0.2) is 60.4 Å². The zero-order valence-electron chi connectivity index (χ0n) is 20.3. The lowest BCUT2D eigenvalue weighted by atomic mass is 10.0. The number of amides is 2. The SMILES string of the molecule is Cc1cc(C(=O)NCC(=O)Nc2nc(-c3cccc(-c4ccn(C)c4)c3)cs2)cn1S(=O)(=O)C(C)C. The number of carbonyl (C=O) groups is 2. The standard InChI is InChI=1S/C25H27N5O4S2/c1-16(2)36(33,34)30-14-21(10-17(30)3)24(32)26-12-23(31)28-25-27-22(15-35-25)19-7-5-6-18(11-19)20-8-9-29(4)13-20/h5-11,13-16H,12H2,1-4H3,(H,26,32)(H,27,28,31). The normalized spacial score (nSPS) is 11.6. The van der Waals surface area contributed by atoms with E-state index in [1.165, 1.54) is 23.6 Å². The van der Waals surface area contributed by atoms with E-state index in [-0.39, 0.29) is 12.1 Å². The Kier molecular flexibility index (Phi) is 7.14. The molecule has 3 aromatic heterocycles. The third-order valence-corrected chi connectivity index (χ3v) is 8.47. The summed E-state index contributed by atoms with van der Waals surface area (Å²) in [5.41, 5.74) is 4.42. The predicted molar refractivity (Wildman–Crippen MR) is 142 cm³/mol. The van der Waals surface area contributed by atoms with E-state index in [4.69, 9.17) is 0 Å². The molecule has 0 bridgehead atoms. The van der Waals surface area contributed by atoms with Gasteiger partial charge in [-0.15, -0.1) is 11.3 Å². The van der Waals surface area contributed by atoms with Gasteiger partial charge in [0.05, 0.1) is 23.1 Å². The second kappa shape index (κ2) is 10.1. The molecular weight excluding hydrogens is 498 g/mol. The Hall–Kier alpha value is -3.70. The molecular formula is C25H27N5O4S2. The van der Waals surface area contributed by atoms with Gasteiger partial charge in [0, 0.05) is 42.3 Å². The highest BCUT2D eigenvalue weighted by atomic mass is 32.2. The maximum Gasteiger partial charge on any atom is 0.253 e. The van der Waals surface area contributed by atoms with Gasteiger partial charge in [-0.3, -0.25) is 9.59 Å². The maximum atomic E-state index is 12.5. The molecule has 0 atom stereocenters. The Morgan fingerprint density at radius 2 is 1.83 bits per heavy atom. The molecule has 188 valence electrons. The van der Waals surface area contributed by atoms with Crippen molar-refractivity contribution in [2.75, 3.05) is 11.9 Å². The second-order valence-corrected chi connectivity index (χ2v) is 11.9. The fraction of sp³-hybridized carbons (Fsp3) is 0.240. The number of nitrogens with one attached hydrogen (secondary N) is 2. The molecule has 9 nitrogen and oxygen atoms in total. The number of aryl methyl sites for hydroxylation is 2. The first kappa shape index (κ1) is 25.4. The monoisotopic (exact) mass is 525 g/mol. The van der Waals surface area contributed by atoms with E-state index in [2.05, 4.69) is 15.6 Å². The van der Waals surface area contributed by atoms with Gasteiger partial charge >= 0.3 is 0 Å². The van der Waals surface area contributed by atoms with Crippen LogP contribution in [0.1, 0.15) is 29.9 Å². The summed E-state index contributed by atoms with van der Waals surface area (Å²) in [5, 5.41) is 6.86. The van der Waals surface area contributed by atoms with Crippen molar-refractivity contribution in [3.05, 3.63) is 71.6 Å². The molecule has 0 saturated carbocycles. The van der Waals surface area contributed by atoms with Gasteiger partial charge in [0.25, 0.3) is 5.91 Å². The van der Waals surface area contributed by atoms with Gasteiger partial charge in [0.2, 0.25) is 15.9 Å². The number of thiazole rings is 1. The summed E-state index contributed by atoms with van der Waals surface area (Å²) >= 11 is 1.29. The molecule has 1 aromatic carbocycles. The van der Waals surface area contributed by atoms with Crippen molar-refractivity contribution in [2.45, 2.75) is 26.0 Å². The van der Waals surface area contributed by atoms with Crippen molar-refractivity contribution >= 4 is 38.3 Å². The molecule has 3 heterocycles. The van der Waals surface area contributed by atoms with Crippen LogP contribution in [-0.2, 0) is 21.9 Å². The van der Waals surface area contributed by atoms with Gasteiger partial charge in [-0.2, -0.15) is 0 Å². The second-order valence-electron chi connectivity index (χ2n) is 8.67. The zero-order chi connectivity index (χ0) is 26.0. The summed E-state index contributed by atoms with van der Waals surface area (Å²) < 4.78 is 27.9. The van der Waals surface area contributed by atoms with Gasteiger partial charge in [0.1, 0.15) is 0 Å². The van der Waals surface area contributed by atoms with E-state index in [0.29, 0.717) is 10.8 Å². The summed E-state index contributed by atoms with van der Waals surface area (Å²) in [6.07, 6.45) is 5.30. The van der Waals surface area contributed by atoms with Gasteiger partial charge in [0.15, 0.2) is 5.13 Å². The minimum Gasteiger partial charge on any atom is -0.357 e. The first-order valence-corrected chi connectivity index (χ1v) is 13.6. The fourth-order valence-corrected chi connectivity index (χ4v) is 5.51. The highest BCUT2D eigenvalue weighted by Gasteiger charge is 2.22. The molecule has 0 unspecified atom stereocenters. The van der Waals surface area contributed by atoms with Crippen LogP contribution >= 0.6 is 11.3 Å². The Morgan fingerprint density at radius 1 is 1.08 bits per heavy atom. The molecule has 0 aliphatic carbocycles. The van der Waals surface area contributed by atoms with Gasteiger partial charge in [-0.1, -0.05) is 18.2 Å². The van der Waals surface area contributed by atoms with E-state index >= 15 is 0 Å². The summed E-state index contributed by atoms with van der Waals surface area (Å²) in [6.45, 7) is 4.48. The summed E-state index contributed by atoms with van der Waals surface area (Å²) in [4.78, 5) is 29.4. The Labute approximate surface area is 213 Å². The van der Waals surface area contributed by atoms with E-state index in [0.717, 1.165) is 26.4 Å². The van der Waals surface area contributed by atoms with Crippen molar-refractivity contribution in [1.82, 2.24) is 18.8 Å². The molecule has 0 aliphatic heterocycles. The molecule has 4 rings (SSSR count). The number of rotatable bonds is 8. The molecule has 2 N–H and O–H groups in total. The van der Waals surface area contributed by atoms with Crippen molar-refractivity contribution < 1.29 is 18.0 Å². The molecule has 0 radical (unpaired) electrons. The molecule has 0 fully saturated rings. The third-order valence-electron chi connectivity index (χ3n) is 5.58. The minimum absolute atomic E-state index is 0.166. The average molecular weight is 526 g/mol. The Morgan fingerprint density at radius 3 is 2.53 bits per heavy atom. The quantitative estimate of drug-likeness (QED) is 0.362. The molecule has 11 heteroatoms. The van der Waals surface area contributed by atoms with Gasteiger partial charge in [-0.05, 0) is 50.1 Å². The molecule has 0 aliphatic rings. The first-order valence-electron chi connectivity index (χ1n) is 11.2. The molecule has 0 spiro atoms. The highest BCUT2D eigenvalue weighted by molar-refractivity contribution is 7.90. The van der Waals surface area contributed by atoms with Crippen LogP contribution in [0.4, 0.5) is 5.13 Å². The molecule has 0 saturated heterocycles. The lowest BCUT2D eigenvalue weighted by molar-refractivity contribution is -0.115. The highest BCUT2D eigenvalue weighted by Crippen LogP contribution is 2.29. The minimum atomic E-state index is -3.58. The Bertz CT molecular complexity index is 1530. The van der Waals surface area contributed by atoms with Crippen LogP contribution in [0.2, 0.25) is 0 Å². The zero-order valence-corrected chi connectivity index (χ0v) is 22.0. The molecule has 4 aromatic rings. The number of carbonyl (C=O) groups excluding carboxylic acids is 2. The predicted octanol–water partition coefficient (Wildman–Crippen LogP) is 3.88. The summed E-state index contributed by atoms with van der Waals surface area (Å²) in [5.74, 6) is -0.975. The van der Waals surface area contributed by atoms with Crippen molar-refractivity contribution in [2.24, 2.45) is 7.05 Å². The lowest BCUT2D eigenvalue weighted by Crippen LogP contribution is -2.32. The van der Waals surface area contributed by atoms with Gasteiger partial charge < -0.3 is 15.2 Å². The number of anilines is 1. The largest absolute Gasteiger partial charge is 0.357 e. The topological polar surface area (TPSA) is 115 Å². The van der Waals surface area contributed by atoms with Crippen LogP contribution in [-0.4, -0.2) is 45.6 Å². The molecule has 2 amide bonds. The van der Waals surface area contributed by atoms with Crippen molar-refractivity contribution in [3.8, 4) is 22.4 Å². The van der Waals surface area contributed by atoms with Crippen LogP contribution in [0.25, 0.3) is 22.4 Å². The number of benzene rings is 1. The molecule has 36 heavy (non-hydrogen) atoms.